The zero-order valence-electron chi connectivity index (χ0n) is 19.9. The van der Waals surface area contributed by atoms with E-state index in [-0.39, 0.29) is 11.3 Å². The molecule has 0 spiro atoms. The van der Waals surface area contributed by atoms with Crippen LogP contribution in [0, 0.1) is 0 Å². The molecule has 36 heavy (non-hydrogen) atoms. The van der Waals surface area contributed by atoms with Crippen LogP contribution in [0.15, 0.2) is 77.9 Å². The van der Waals surface area contributed by atoms with Gasteiger partial charge in [-0.05, 0) is 17.7 Å². The molecule has 0 bridgehead atoms. The number of aliphatic hydroxyl groups is 1. The second kappa shape index (κ2) is 7.86. The zero-order chi connectivity index (χ0) is 25.1. The third kappa shape index (κ3) is 2.67. The van der Waals surface area contributed by atoms with Crippen LogP contribution in [0.5, 0.6) is 23.0 Å². The Morgan fingerprint density at radius 1 is 0.944 bits per heavy atom. The number of ether oxygens (including phenoxy) is 4. The van der Waals surface area contributed by atoms with Crippen molar-refractivity contribution in [2.45, 2.75) is 17.1 Å². The van der Waals surface area contributed by atoms with Crippen molar-refractivity contribution < 1.29 is 24.1 Å². The summed E-state index contributed by atoms with van der Waals surface area (Å²) in [5.74, 6) is 1.21. The average Bonchev–Trinajstić information content (AvgIpc) is 3.32. The summed E-state index contributed by atoms with van der Waals surface area (Å²) in [6.07, 6.45) is 1.30. The monoisotopic (exact) mass is 484 g/mol. The first-order chi connectivity index (χ1) is 17.5. The van der Waals surface area contributed by atoms with Gasteiger partial charge in [-0.1, -0.05) is 42.5 Å². The van der Waals surface area contributed by atoms with E-state index in [9.17, 15) is 9.90 Å². The number of nitrogens with zero attached hydrogens (tertiary/aromatic N) is 1. The Kier molecular flexibility index (Phi) is 4.84. The molecule has 0 unspecified atom stereocenters. The minimum atomic E-state index is -1.86. The number of H-pyrrole nitrogens is 1. The van der Waals surface area contributed by atoms with Crippen LogP contribution in [-0.2, 0) is 11.2 Å². The molecule has 0 saturated heterocycles. The Balaban J connectivity index is 1.77. The minimum Gasteiger partial charge on any atom is -0.497 e. The zero-order valence-corrected chi connectivity index (χ0v) is 19.9. The van der Waals surface area contributed by atoms with Crippen LogP contribution in [-0.4, -0.2) is 36.4 Å². The van der Waals surface area contributed by atoms with Crippen LogP contribution < -0.4 is 24.5 Å². The molecule has 2 aliphatic rings. The third-order valence-corrected chi connectivity index (χ3v) is 7.24. The van der Waals surface area contributed by atoms with Crippen molar-refractivity contribution in [3.63, 3.8) is 0 Å². The van der Waals surface area contributed by atoms with Crippen molar-refractivity contribution in [2.75, 3.05) is 21.3 Å². The maximum absolute atomic E-state index is 13.4. The predicted molar refractivity (Wildman–Crippen MR) is 131 cm³/mol. The van der Waals surface area contributed by atoms with Gasteiger partial charge in [-0.15, -0.1) is 0 Å². The summed E-state index contributed by atoms with van der Waals surface area (Å²) in [5.41, 5.74) is -1.30. The lowest BCUT2D eigenvalue weighted by Gasteiger charge is -2.40. The van der Waals surface area contributed by atoms with Crippen LogP contribution in [0.25, 0.3) is 0 Å². The minimum absolute atomic E-state index is 0.220. The molecule has 0 saturated carbocycles. The van der Waals surface area contributed by atoms with E-state index in [2.05, 4.69) is 9.97 Å². The fraction of sp³-hybridized carbons (Fsp3) is 0.214. The highest BCUT2D eigenvalue weighted by Crippen LogP contribution is 2.69. The van der Waals surface area contributed by atoms with E-state index < -0.39 is 17.1 Å². The largest absolute Gasteiger partial charge is 0.497 e. The quantitative estimate of drug-likeness (QED) is 0.447. The number of nitrogens with one attached hydrogen (secondary N) is 1. The van der Waals surface area contributed by atoms with Crippen molar-refractivity contribution in [3.8, 4) is 23.0 Å². The van der Waals surface area contributed by atoms with Crippen molar-refractivity contribution in [2.24, 2.45) is 0 Å². The first-order valence-electron chi connectivity index (χ1n) is 11.4. The number of methoxy groups -OCH3 is 3. The van der Waals surface area contributed by atoms with Gasteiger partial charge >= 0.3 is 0 Å². The number of aromatic nitrogens is 2. The van der Waals surface area contributed by atoms with E-state index in [1.807, 2.05) is 42.5 Å². The van der Waals surface area contributed by atoms with Crippen molar-refractivity contribution in [3.05, 3.63) is 111 Å². The first kappa shape index (κ1) is 22.2. The van der Waals surface area contributed by atoms with Crippen LogP contribution in [0.3, 0.4) is 0 Å². The molecular weight excluding hydrogens is 460 g/mol. The van der Waals surface area contributed by atoms with Gasteiger partial charge in [0.1, 0.15) is 23.0 Å². The van der Waals surface area contributed by atoms with Crippen LogP contribution in [0.2, 0.25) is 0 Å². The predicted octanol–water partition coefficient (Wildman–Crippen LogP) is 3.47. The normalized spacial score (nSPS) is 23.3. The van der Waals surface area contributed by atoms with Gasteiger partial charge in [0.15, 0.2) is 11.2 Å². The molecule has 0 fully saturated rings. The topological polar surface area (TPSA) is 103 Å². The maximum atomic E-state index is 13.4. The Morgan fingerprint density at radius 3 is 2.33 bits per heavy atom. The van der Waals surface area contributed by atoms with Gasteiger partial charge in [0.25, 0.3) is 5.56 Å². The number of aromatic amines is 1. The summed E-state index contributed by atoms with van der Waals surface area (Å²) in [7, 11) is 4.65. The lowest BCUT2D eigenvalue weighted by atomic mass is 9.70. The van der Waals surface area contributed by atoms with Crippen molar-refractivity contribution in [1.82, 2.24) is 9.97 Å². The molecule has 3 atom stereocenters. The number of hydrogen-bond donors (Lipinski definition) is 2. The van der Waals surface area contributed by atoms with Gasteiger partial charge in [0.2, 0.25) is 0 Å². The standard InChI is InChI=1S/C28H24N2O6/c1-33-18-11-9-17(10-12-18)28-23(16-7-5-4-6-8-16)22-25(29-15-30-26(22)31)27(28,32)24-20(35-3)13-19(34-2)14-21(24)36-28/h4-15,23,32H,1-3H3,(H,29,30,31)/t23-,27+,28+/m1/s1. The highest BCUT2D eigenvalue weighted by molar-refractivity contribution is 5.68. The molecular formula is C28H24N2O6. The molecule has 2 N–H and O–H groups in total. The number of benzene rings is 3. The molecule has 1 aliphatic heterocycles. The SMILES string of the molecule is COc1ccc([C@@]23Oc4cc(OC)cc(OC)c4[C@]2(O)c2nc[nH]c(=O)c2[C@H]3c2ccccc2)cc1. The summed E-state index contributed by atoms with van der Waals surface area (Å²) in [6.45, 7) is 0. The highest BCUT2D eigenvalue weighted by atomic mass is 16.5. The molecule has 1 aromatic heterocycles. The molecule has 3 aromatic carbocycles. The molecule has 1 aliphatic carbocycles. The summed E-state index contributed by atoms with van der Waals surface area (Å²) in [4.78, 5) is 20.6. The number of fused-ring (bicyclic) bond motifs is 5. The van der Waals surface area contributed by atoms with Gasteiger partial charge in [-0.2, -0.15) is 0 Å². The average molecular weight is 485 g/mol. The maximum Gasteiger partial charge on any atom is 0.255 e. The summed E-state index contributed by atoms with van der Waals surface area (Å²) in [6, 6.07) is 20.2. The second-order valence-electron chi connectivity index (χ2n) is 8.82. The van der Waals surface area contributed by atoms with Crippen molar-refractivity contribution in [1.29, 1.82) is 0 Å². The Hall–Kier alpha value is -4.30. The first-order valence-corrected chi connectivity index (χ1v) is 11.4. The van der Waals surface area contributed by atoms with E-state index in [0.717, 1.165) is 5.56 Å². The molecule has 8 heteroatoms. The molecule has 8 nitrogen and oxygen atoms in total. The van der Waals surface area contributed by atoms with E-state index in [0.29, 0.717) is 39.7 Å². The molecule has 0 radical (unpaired) electrons. The Labute approximate surface area is 207 Å². The van der Waals surface area contributed by atoms with Crippen LogP contribution in [0.4, 0.5) is 0 Å². The van der Waals surface area contributed by atoms with Crippen molar-refractivity contribution >= 4 is 0 Å². The third-order valence-electron chi connectivity index (χ3n) is 7.24. The fourth-order valence-corrected chi connectivity index (χ4v) is 5.77. The van der Waals surface area contributed by atoms with E-state index in [4.69, 9.17) is 18.9 Å². The lowest BCUT2D eigenvalue weighted by molar-refractivity contribution is -0.0910. The molecule has 182 valence electrons. The van der Waals surface area contributed by atoms with Gasteiger partial charge < -0.3 is 29.0 Å². The molecule has 6 rings (SSSR count). The second-order valence-corrected chi connectivity index (χ2v) is 8.82. The number of rotatable bonds is 5. The highest BCUT2D eigenvalue weighted by Gasteiger charge is 2.73. The van der Waals surface area contributed by atoms with E-state index in [1.54, 1.807) is 38.5 Å². The van der Waals surface area contributed by atoms with Gasteiger partial charge in [0.05, 0.1) is 50.4 Å². The Morgan fingerprint density at radius 2 is 1.67 bits per heavy atom. The van der Waals surface area contributed by atoms with Gasteiger partial charge in [-0.25, -0.2) is 4.98 Å². The smallest absolute Gasteiger partial charge is 0.255 e. The molecule has 2 heterocycles. The number of hydrogen-bond acceptors (Lipinski definition) is 7. The van der Waals surface area contributed by atoms with E-state index in [1.165, 1.54) is 13.4 Å². The summed E-state index contributed by atoms with van der Waals surface area (Å²) in [5, 5.41) is 12.9. The van der Waals surface area contributed by atoms with Gasteiger partial charge in [0, 0.05) is 17.7 Å². The molecule has 0 amide bonds. The fourth-order valence-electron chi connectivity index (χ4n) is 5.77. The Bertz CT molecular complexity index is 1520. The van der Waals surface area contributed by atoms with Crippen LogP contribution in [0.1, 0.15) is 33.9 Å². The van der Waals surface area contributed by atoms with Crippen LogP contribution >= 0.6 is 0 Å². The lowest BCUT2D eigenvalue weighted by Crippen LogP contribution is -2.49. The molecule has 4 aromatic rings. The van der Waals surface area contributed by atoms with E-state index >= 15 is 0 Å². The summed E-state index contributed by atoms with van der Waals surface area (Å²) >= 11 is 0. The van der Waals surface area contributed by atoms with Gasteiger partial charge in [-0.3, -0.25) is 4.79 Å². The summed E-state index contributed by atoms with van der Waals surface area (Å²) < 4.78 is 23.4.